The van der Waals surface area contributed by atoms with E-state index < -0.39 is 18.0 Å². The van der Waals surface area contributed by atoms with Crippen LogP contribution in [-0.4, -0.2) is 33.6 Å². The maximum atomic E-state index is 14.2. The number of ether oxygens (including phenoxy) is 2. The van der Waals surface area contributed by atoms with Crippen LogP contribution < -0.4 is 10.1 Å². The third-order valence-electron chi connectivity index (χ3n) is 8.57. The molecular formula is C41H32FN3O5. The van der Waals surface area contributed by atoms with E-state index in [2.05, 4.69) is 5.32 Å². The fourth-order valence-corrected chi connectivity index (χ4v) is 6.18. The van der Waals surface area contributed by atoms with Crippen LogP contribution >= 0.6 is 0 Å². The summed E-state index contributed by atoms with van der Waals surface area (Å²) >= 11 is 0. The highest BCUT2D eigenvalue weighted by atomic mass is 19.1. The van der Waals surface area contributed by atoms with Gasteiger partial charge in [0.2, 0.25) is 5.88 Å². The van der Waals surface area contributed by atoms with Crippen LogP contribution in [0, 0.1) is 5.82 Å². The number of benzene rings is 5. The van der Waals surface area contributed by atoms with E-state index in [4.69, 9.17) is 14.5 Å². The van der Waals surface area contributed by atoms with Gasteiger partial charge in [0.1, 0.15) is 17.4 Å². The number of hydrogen-bond acceptors (Lipinski definition) is 6. The van der Waals surface area contributed by atoms with Crippen LogP contribution in [-0.2, 0) is 17.8 Å². The van der Waals surface area contributed by atoms with E-state index in [-0.39, 0.29) is 24.8 Å². The number of methoxy groups -OCH3 is 1. The average Bonchev–Trinajstić information content (AvgIpc) is 3.48. The molecule has 5 aromatic carbocycles. The lowest BCUT2D eigenvalue weighted by atomic mass is 9.98. The van der Waals surface area contributed by atoms with Gasteiger partial charge in [0.25, 0.3) is 5.91 Å². The van der Waals surface area contributed by atoms with Crippen molar-refractivity contribution in [1.29, 1.82) is 0 Å². The van der Waals surface area contributed by atoms with Gasteiger partial charge in [0, 0.05) is 29.7 Å². The molecule has 9 heteroatoms. The van der Waals surface area contributed by atoms with Crippen LogP contribution in [0.2, 0.25) is 0 Å². The third-order valence-corrected chi connectivity index (χ3v) is 8.57. The molecule has 0 aliphatic heterocycles. The second-order valence-electron chi connectivity index (χ2n) is 11.8. The van der Waals surface area contributed by atoms with E-state index in [0.717, 1.165) is 16.7 Å². The topological polar surface area (TPSA) is 103 Å². The van der Waals surface area contributed by atoms with Gasteiger partial charge in [0.15, 0.2) is 5.75 Å². The van der Waals surface area contributed by atoms with Crippen LogP contribution in [0.4, 0.5) is 4.39 Å². The van der Waals surface area contributed by atoms with Crippen molar-refractivity contribution in [3.63, 3.8) is 0 Å². The number of nitrogens with zero attached hydrogens (tertiary/aromatic N) is 2. The van der Waals surface area contributed by atoms with E-state index in [1.54, 1.807) is 65.5 Å². The van der Waals surface area contributed by atoms with Gasteiger partial charge < -0.3 is 24.5 Å². The molecule has 0 atom stereocenters. The van der Waals surface area contributed by atoms with Crippen LogP contribution in [0.3, 0.4) is 0 Å². The molecule has 0 aliphatic rings. The lowest BCUT2D eigenvalue weighted by molar-refractivity contribution is 0.0600. The number of halogens is 1. The Morgan fingerprint density at radius 1 is 0.840 bits per heavy atom. The maximum Gasteiger partial charge on any atom is 0.337 e. The summed E-state index contributed by atoms with van der Waals surface area (Å²) in [7, 11) is 1.31. The molecule has 7 aromatic rings. The van der Waals surface area contributed by atoms with E-state index in [1.165, 1.54) is 19.2 Å². The van der Waals surface area contributed by atoms with E-state index in [9.17, 15) is 19.1 Å². The first-order chi connectivity index (χ1) is 24.4. The molecule has 7 rings (SSSR count). The van der Waals surface area contributed by atoms with Gasteiger partial charge in [-0.2, -0.15) is 0 Å². The molecule has 0 saturated heterocycles. The van der Waals surface area contributed by atoms with Crippen molar-refractivity contribution in [3.8, 4) is 11.6 Å². The van der Waals surface area contributed by atoms with Crippen molar-refractivity contribution in [2.45, 2.75) is 19.2 Å². The highest BCUT2D eigenvalue weighted by Crippen LogP contribution is 2.45. The number of aromatic hydroxyl groups is 1. The summed E-state index contributed by atoms with van der Waals surface area (Å²) in [4.78, 5) is 31.0. The first-order valence-electron chi connectivity index (χ1n) is 16.0. The normalized spacial score (nSPS) is 11.2. The zero-order chi connectivity index (χ0) is 34.6. The number of nitrogens with one attached hydrogen (secondary N) is 1. The summed E-state index contributed by atoms with van der Waals surface area (Å²) in [5, 5.41) is 16.2. The third kappa shape index (κ3) is 6.36. The Morgan fingerprint density at radius 3 is 2.22 bits per heavy atom. The zero-order valence-corrected chi connectivity index (χ0v) is 27.0. The van der Waals surface area contributed by atoms with Gasteiger partial charge in [-0.1, -0.05) is 91.0 Å². The number of carbonyl (C=O) groups excluding carboxylic acids is 2. The molecule has 2 heterocycles. The molecule has 8 nitrogen and oxygen atoms in total. The lowest BCUT2D eigenvalue weighted by Gasteiger charge is -2.22. The number of amides is 1. The quantitative estimate of drug-likeness (QED) is 0.144. The van der Waals surface area contributed by atoms with Crippen molar-refractivity contribution in [2.75, 3.05) is 7.11 Å². The maximum absolute atomic E-state index is 14.2. The Morgan fingerprint density at radius 2 is 1.54 bits per heavy atom. The van der Waals surface area contributed by atoms with Crippen LogP contribution in [0.15, 0.2) is 134 Å². The Kier molecular flexibility index (Phi) is 8.94. The Balaban J connectivity index is 1.39. The van der Waals surface area contributed by atoms with Gasteiger partial charge in [0.05, 0.1) is 30.2 Å². The summed E-state index contributed by atoms with van der Waals surface area (Å²) < 4.78 is 27.1. The summed E-state index contributed by atoms with van der Waals surface area (Å²) in [5.74, 6) is -1.08. The zero-order valence-electron chi connectivity index (χ0n) is 27.0. The van der Waals surface area contributed by atoms with Gasteiger partial charge in [-0.25, -0.2) is 9.18 Å². The number of pyridine rings is 1. The van der Waals surface area contributed by atoms with Gasteiger partial charge in [-0.05, 0) is 52.6 Å². The van der Waals surface area contributed by atoms with E-state index >= 15 is 0 Å². The molecule has 2 aromatic heterocycles. The Labute approximate surface area is 287 Å². The first kappa shape index (κ1) is 32.1. The number of hydrogen-bond donors (Lipinski definition) is 2. The molecule has 0 radical (unpaired) electrons. The molecule has 248 valence electrons. The summed E-state index contributed by atoms with van der Waals surface area (Å²) in [6, 6.07) is 35.9. The molecule has 2 N–H and O–H groups in total. The van der Waals surface area contributed by atoms with E-state index in [0.29, 0.717) is 44.1 Å². The minimum Gasteiger partial charge on any atom is -0.494 e. The second-order valence-corrected chi connectivity index (χ2v) is 11.8. The van der Waals surface area contributed by atoms with Crippen molar-refractivity contribution >= 4 is 33.6 Å². The van der Waals surface area contributed by atoms with Gasteiger partial charge >= 0.3 is 5.97 Å². The van der Waals surface area contributed by atoms with Crippen molar-refractivity contribution in [3.05, 3.63) is 173 Å². The first-order valence-corrected chi connectivity index (χ1v) is 16.0. The number of carbonyl (C=O) groups is 2. The molecule has 0 unspecified atom stereocenters. The molecule has 1 amide bonds. The van der Waals surface area contributed by atoms with Crippen molar-refractivity contribution < 1.29 is 28.6 Å². The number of fused-ring (bicyclic) bond motifs is 2. The molecule has 0 fully saturated rings. The minimum atomic E-state index is -0.576. The average molecular weight is 666 g/mol. The molecule has 0 aliphatic carbocycles. The second kappa shape index (κ2) is 13.9. The van der Waals surface area contributed by atoms with Crippen molar-refractivity contribution in [1.82, 2.24) is 14.9 Å². The number of esters is 1. The molecular weight excluding hydrogens is 633 g/mol. The predicted octanol–water partition coefficient (Wildman–Crippen LogP) is 7.97. The fraction of sp³-hybridized carbons (Fsp3) is 0.0976. The largest absolute Gasteiger partial charge is 0.494 e. The lowest BCUT2D eigenvalue weighted by Crippen LogP contribution is -2.23. The highest BCUT2D eigenvalue weighted by Gasteiger charge is 2.28. The van der Waals surface area contributed by atoms with E-state index in [1.807, 2.05) is 60.7 Å². The number of aromatic nitrogens is 2. The predicted molar refractivity (Wildman–Crippen MR) is 189 cm³/mol. The SMILES string of the molecule is COC(=O)c1cccc(CNC(=O)c2c3cccnc3c(OC(c3ccccc3)c3ccccc3)c3c(O)n(Cc4ccc(F)cc4)cc23)c1. The van der Waals surface area contributed by atoms with Gasteiger partial charge in [-0.15, -0.1) is 0 Å². The fourth-order valence-electron chi connectivity index (χ4n) is 6.18. The highest BCUT2D eigenvalue weighted by molar-refractivity contribution is 6.21. The standard InChI is InChI=1S/C41H32FN3O5/c1-49-41(48)30-15-8-10-27(22-30)23-44-39(46)34-32-16-9-21-43-36(32)38(50-37(28-11-4-2-5-12-28)29-13-6-3-7-14-29)35-33(34)25-45(40(35)47)24-26-17-19-31(42)20-18-26/h2-22,25,37,47H,23-24H2,1H3,(H,44,46). The molecule has 0 spiro atoms. The Bertz CT molecular complexity index is 2280. The molecule has 0 bridgehead atoms. The Hall–Kier alpha value is -6.48. The number of rotatable bonds is 10. The van der Waals surface area contributed by atoms with Crippen LogP contribution in [0.1, 0.15) is 49.1 Å². The smallest absolute Gasteiger partial charge is 0.337 e. The van der Waals surface area contributed by atoms with Crippen molar-refractivity contribution in [2.24, 2.45) is 0 Å². The monoisotopic (exact) mass is 665 g/mol. The summed E-state index contributed by atoms with van der Waals surface area (Å²) in [6.07, 6.45) is 2.75. The van der Waals surface area contributed by atoms with Crippen LogP contribution in [0.25, 0.3) is 21.7 Å². The summed E-state index contributed by atoms with van der Waals surface area (Å²) in [6.45, 7) is 0.323. The minimum absolute atomic E-state index is 0.123. The molecule has 0 saturated carbocycles. The summed E-state index contributed by atoms with van der Waals surface area (Å²) in [5.41, 5.74) is 4.27. The molecule has 50 heavy (non-hydrogen) atoms. The van der Waals surface area contributed by atoms with Crippen LogP contribution in [0.5, 0.6) is 11.6 Å². The van der Waals surface area contributed by atoms with Gasteiger partial charge in [-0.3, -0.25) is 9.78 Å².